The molecule has 0 atom stereocenters. The molecule has 0 aromatic rings. The van der Waals surface area contributed by atoms with Gasteiger partial charge in [0, 0.05) is 6.42 Å². The molecule has 0 aromatic carbocycles. The molecule has 0 saturated heterocycles. The van der Waals surface area contributed by atoms with Crippen LogP contribution in [0.15, 0.2) is 0 Å². The van der Waals surface area contributed by atoms with Crippen LogP contribution in [-0.4, -0.2) is 25.8 Å². The molecule has 0 spiro atoms. The molecule has 0 fully saturated rings. The Bertz CT molecular complexity index is 274. The van der Waals surface area contributed by atoms with E-state index >= 15 is 0 Å². The van der Waals surface area contributed by atoms with E-state index in [-0.39, 0.29) is 0 Å². The molecule has 0 rings (SSSR count). The van der Waals surface area contributed by atoms with Crippen LogP contribution in [0.4, 0.5) is 0 Å². The molecule has 0 amide bonds. The first-order valence-corrected chi connectivity index (χ1v) is 13.7. The van der Waals surface area contributed by atoms with Crippen molar-refractivity contribution in [2.45, 2.75) is 156 Å². The minimum absolute atomic E-state index is 0.743. The van der Waals surface area contributed by atoms with Crippen molar-refractivity contribution >= 4 is 0 Å². The Morgan fingerprint density at radius 1 is 0.367 bits per heavy atom. The first-order valence-electron chi connectivity index (χ1n) is 13.7. The van der Waals surface area contributed by atoms with Crippen molar-refractivity contribution in [2.24, 2.45) is 0 Å². The van der Waals surface area contributed by atoms with Gasteiger partial charge in [-0.3, -0.25) is 0 Å². The number of rotatable bonds is 25. The highest BCUT2D eigenvalue weighted by atomic mass is 16.9. The number of ether oxygens (including phenoxy) is 3. The van der Waals surface area contributed by atoms with Crippen molar-refractivity contribution in [3.63, 3.8) is 0 Å². The topological polar surface area (TPSA) is 27.7 Å². The largest absolute Gasteiger partial charge is 0.327 e. The number of unbranched alkanes of at least 4 members (excludes halogenated alkanes) is 15. The Morgan fingerprint density at radius 3 is 0.900 bits per heavy atom. The predicted molar refractivity (Wildman–Crippen MR) is 131 cm³/mol. The summed E-state index contributed by atoms with van der Waals surface area (Å²) in [5, 5.41) is 0. The van der Waals surface area contributed by atoms with Gasteiger partial charge in [-0.15, -0.1) is 0 Å². The minimum atomic E-state index is -0.823. The molecule has 0 saturated carbocycles. The molecule has 0 heterocycles. The Kier molecular flexibility index (Phi) is 23.4. The first kappa shape index (κ1) is 29.9. The van der Waals surface area contributed by atoms with Gasteiger partial charge in [0.15, 0.2) is 0 Å². The molecule has 0 bridgehead atoms. The highest BCUT2D eigenvalue weighted by Gasteiger charge is 2.31. The van der Waals surface area contributed by atoms with Gasteiger partial charge in [0.25, 0.3) is 5.97 Å². The molecular weight excluding hydrogens is 372 g/mol. The van der Waals surface area contributed by atoms with Crippen LogP contribution < -0.4 is 0 Å². The third kappa shape index (κ3) is 18.6. The maximum Gasteiger partial charge on any atom is 0.282 e. The van der Waals surface area contributed by atoms with Crippen LogP contribution in [0.25, 0.3) is 0 Å². The number of hydrogen-bond acceptors (Lipinski definition) is 3. The van der Waals surface area contributed by atoms with Crippen molar-refractivity contribution in [2.75, 3.05) is 19.8 Å². The van der Waals surface area contributed by atoms with Gasteiger partial charge >= 0.3 is 0 Å². The van der Waals surface area contributed by atoms with E-state index in [4.69, 9.17) is 14.2 Å². The molecule has 0 aliphatic carbocycles. The van der Waals surface area contributed by atoms with E-state index in [2.05, 4.69) is 27.7 Å². The average molecular weight is 429 g/mol. The maximum absolute atomic E-state index is 6.23. The second kappa shape index (κ2) is 23.5. The van der Waals surface area contributed by atoms with Crippen LogP contribution in [0, 0.1) is 0 Å². The van der Waals surface area contributed by atoms with E-state index in [9.17, 15) is 0 Å². The summed E-state index contributed by atoms with van der Waals surface area (Å²) in [7, 11) is 0. The van der Waals surface area contributed by atoms with Crippen LogP contribution in [0.5, 0.6) is 0 Å². The molecule has 3 nitrogen and oxygen atoms in total. The summed E-state index contributed by atoms with van der Waals surface area (Å²) < 4.78 is 18.7. The SMILES string of the molecule is CCCCCCCCOC(CC)(OCCCCCCCC)OCCCCCCCC. The fraction of sp³-hybridized carbons (Fsp3) is 1.00. The van der Waals surface area contributed by atoms with E-state index in [1.54, 1.807) is 0 Å². The molecule has 0 aliphatic heterocycles. The third-order valence-corrected chi connectivity index (χ3v) is 5.89. The van der Waals surface area contributed by atoms with Gasteiger partial charge in [-0.05, 0) is 19.3 Å². The van der Waals surface area contributed by atoms with Gasteiger partial charge in [0.2, 0.25) is 0 Å². The van der Waals surface area contributed by atoms with Gasteiger partial charge in [-0.25, -0.2) is 0 Å². The summed E-state index contributed by atoms with van der Waals surface area (Å²) in [5.41, 5.74) is 0. The van der Waals surface area contributed by atoms with Gasteiger partial charge in [0.05, 0.1) is 19.8 Å². The molecule has 182 valence electrons. The fourth-order valence-corrected chi connectivity index (χ4v) is 3.76. The van der Waals surface area contributed by atoms with E-state index in [1.807, 2.05) is 0 Å². The molecule has 0 unspecified atom stereocenters. The maximum atomic E-state index is 6.23. The van der Waals surface area contributed by atoms with Crippen LogP contribution in [-0.2, 0) is 14.2 Å². The average Bonchev–Trinajstić information content (AvgIpc) is 2.76. The summed E-state index contributed by atoms with van der Waals surface area (Å²) in [5.74, 6) is -0.823. The lowest BCUT2D eigenvalue weighted by molar-refractivity contribution is -0.382. The zero-order valence-electron chi connectivity index (χ0n) is 21.3. The van der Waals surface area contributed by atoms with Gasteiger partial charge in [0.1, 0.15) is 0 Å². The van der Waals surface area contributed by atoms with Crippen molar-refractivity contribution in [3.05, 3.63) is 0 Å². The zero-order valence-corrected chi connectivity index (χ0v) is 21.3. The zero-order chi connectivity index (χ0) is 22.2. The van der Waals surface area contributed by atoms with Crippen molar-refractivity contribution in [1.82, 2.24) is 0 Å². The highest BCUT2D eigenvalue weighted by Crippen LogP contribution is 2.23. The monoisotopic (exact) mass is 428 g/mol. The van der Waals surface area contributed by atoms with Gasteiger partial charge < -0.3 is 14.2 Å². The predicted octanol–water partition coefficient (Wildman–Crippen LogP) is 9.18. The Balaban J connectivity index is 4.23. The molecule has 0 N–H and O–H groups in total. The minimum Gasteiger partial charge on any atom is -0.327 e. The van der Waals surface area contributed by atoms with E-state index in [0.29, 0.717) is 0 Å². The van der Waals surface area contributed by atoms with E-state index in [0.717, 1.165) is 45.5 Å². The number of hydrogen-bond donors (Lipinski definition) is 0. The lowest BCUT2D eigenvalue weighted by atomic mass is 10.1. The van der Waals surface area contributed by atoms with Crippen LogP contribution in [0.3, 0.4) is 0 Å². The first-order chi connectivity index (χ1) is 14.7. The Labute approximate surface area is 190 Å². The normalized spacial score (nSPS) is 12.0. The quantitative estimate of drug-likeness (QED) is 0.107. The molecule has 0 aliphatic rings. The standard InChI is InChI=1S/C27H56O3/c1-5-9-12-15-18-21-24-28-27(8-4,29-25-22-19-16-13-10-6-2)30-26-23-20-17-14-11-7-3/h5-26H2,1-4H3. The Hall–Kier alpha value is -0.120. The van der Waals surface area contributed by atoms with Crippen molar-refractivity contribution in [1.29, 1.82) is 0 Å². The molecule has 3 heteroatoms. The van der Waals surface area contributed by atoms with Crippen molar-refractivity contribution in [3.8, 4) is 0 Å². The van der Waals surface area contributed by atoms with Gasteiger partial charge in [-0.2, -0.15) is 0 Å². The van der Waals surface area contributed by atoms with Crippen molar-refractivity contribution < 1.29 is 14.2 Å². The fourth-order valence-electron chi connectivity index (χ4n) is 3.76. The molecule has 0 radical (unpaired) electrons. The smallest absolute Gasteiger partial charge is 0.282 e. The molecule has 30 heavy (non-hydrogen) atoms. The summed E-state index contributed by atoms with van der Waals surface area (Å²) in [6.45, 7) is 11.2. The lowest BCUT2D eigenvalue weighted by Gasteiger charge is -2.32. The van der Waals surface area contributed by atoms with Crippen LogP contribution >= 0.6 is 0 Å². The van der Waals surface area contributed by atoms with E-state index < -0.39 is 5.97 Å². The third-order valence-electron chi connectivity index (χ3n) is 5.89. The second-order valence-corrected chi connectivity index (χ2v) is 8.89. The Morgan fingerprint density at radius 2 is 0.633 bits per heavy atom. The van der Waals surface area contributed by atoms with E-state index in [1.165, 1.54) is 96.3 Å². The highest BCUT2D eigenvalue weighted by molar-refractivity contribution is 4.58. The summed E-state index contributed by atoms with van der Waals surface area (Å²) in [4.78, 5) is 0. The second-order valence-electron chi connectivity index (χ2n) is 8.89. The lowest BCUT2D eigenvalue weighted by Crippen LogP contribution is -2.39. The van der Waals surface area contributed by atoms with Gasteiger partial charge in [-0.1, -0.05) is 124 Å². The summed E-state index contributed by atoms with van der Waals surface area (Å²) >= 11 is 0. The molecule has 0 aromatic heterocycles. The van der Waals surface area contributed by atoms with Crippen LogP contribution in [0.2, 0.25) is 0 Å². The summed E-state index contributed by atoms with van der Waals surface area (Å²) in [6, 6.07) is 0. The van der Waals surface area contributed by atoms with Crippen LogP contribution in [0.1, 0.15) is 150 Å². The molecular formula is C27H56O3. The summed E-state index contributed by atoms with van der Waals surface area (Å²) in [6.07, 6.45) is 23.7.